The highest BCUT2D eigenvalue weighted by Gasteiger charge is 2.05. The van der Waals surface area contributed by atoms with Crippen LogP contribution in [0.25, 0.3) is 0 Å². The molecule has 0 aliphatic heterocycles. The summed E-state index contributed by atoms with van der Waals surface area (Å²) < 4.78 is 10.5. The Labute approximate surface area is 134 Å². The second kappa shape index (κ2) is 8.34. The van der Waals surface area contributed by atoms with Crippen molar-refractivity contribution in [3.05, 3.63) is 48.5 Å². The highest BCUT2D eigenvalue weighted by Crippen LogP contribution is 2.23. The molecule has 0 bridgehead atoms. The highest BCUT2D eigenvalue weighted by molar-refractivity contribution is 8.00. The zero-order valence-corrected chi connectivity index (χ0v) is 13.5. The summed E-state index contributed by atoms with van der Waals surface area (Å²) in [6.45, 7) is 2.56. The Morgan fingerprint density at radius 1 is 1.14 bits per heavy atom. The van der Waals surface area contributed by atoms with Gasteiger partial charge in [-0.25, -0.2) is 0 Å². The van der Waals surface area contributed by atoms with Gasteiger partial charge < -0.3 is 14.8 Å². The molecule has 0 radical (unpaired) electrons. The number of methoxy groups -OCH3 is 1. The monoisotopic (exact) mass is 317 g/mol. The molecule has 0 fully saturated rings. The highest BCUT2D eigenvalue weighted by atomic mass is 32.2. The maximum Gasteiger partial charge on any atom is 0.234 e. The van der Waals surface area contributed by atoms with Crippen molar-refractivity contribution in [1.82, 2.24) is 0 Å². The zero-order chi connectivity index (χ0) is 15.8. The predicted octanol–water partition coefficient (Wildman–Crippen LogP) is 3.82. The van der Waals surface area contributed by atoms with Crippen molar-refractivity contribution in [2.75, 3.05) is 24.8 Å². The van der Waals surface area contributed by atoms with Crippen molar-refractivity contribution < 1.29 is 14.3 Å². The maximum atomic E-state index is 12.0. The summed E-state index contributed by atoms with van der Waals surface area (Å²) in [6, 6.07) is 15.0. The molecular weight excluding hydrogens is 298 g/mol. The van der Waals surface area contributed by atoms with E-state index in [0.29, 0.717) is 12.4 Å². The number of thioether (sulfide) groups is 1. The Morgan fingerprint density at radius 3 is 2.59 bits per heavy atom. The van der Waals surface area contributed by atoms with E-state index in [1.54, 1.807) is 7.11 Å². The summed E-state index contributed by atoms with van der Waals surface area (Å²) in [4.78, 5) is 13.0. The minimum absolute atomic E-state index is 0.0445. The van der Waals surface area contributed by atoms with E-state index in [1.807, 2.05) is 55.5 Å². The van der Waals surface area contributed by atoms with Gasteiger partial charge in [0.1, 0.15) is 11.5 Å². The molecule has 0 heterocycles. The van der Waals surface area contributed by atoms with Crippen molar-refractivity contribution in [3.63, 3.8) is 0 Å². The molecule has 0 aromatic heterocycles. The summed E-state index contributed by atoms with van der Waals surface area (Å²) in [6.07, 6.45) is 0. The van der Waals surface area contributed by atoms with E-state index in [1.165, 1.54) is 11.8 Å². The molecule has 5 heteroatoms. The lowest BCUT2D eigenvalue weighted by atomic mass is 10.3. The molecule has 0 aliphatic rings. The SMILES string of the molecule is CCOc1ccc(NC(=O)CSc2cccc(OC)c2)cc1. The number of nitrogens with one attached hydrogen (secondary N) is 1. The van der Waals surface area contributed by atoms with Crippen LogP contribution < -0.4 is 14.8 Å². The Bertz CT molecular complexity index is 614. The fourth-order valence-corrected chi connectivity index (χ4v) is 2.58. The second-order valence-electron chi connectivity index (χ2n) is 4.47. The van der Waals surface area contributed by atoms with Crippen LogP contribution in [-0.4, -0.2) is 25.4 Å². The predicted molar refractivity (Wildman–Crippen MR) is 90.0 cm³/mol. The number of anilines is 1. The van der Waals surface area contributed by atoms with E-state index in [2.05, 4.69) is 5.32 Å². The normalized spacial score (nSPS) is 10.1. The largest absolute Gasteiger partial charge is 0.497 e. The van der Waals surface area contributed by atoms with E-state index < -0.39 is 0 Å². The molecule has 1 amide bonds. The Balaban J connectivity index is 1.84. The number of hydrogen-bond donors (Lipinski definition) is 1. The average Bonchev–Trinajstić information content (AvgIpc) is 2.55. The second-order valence-corrected chi connectivity index (χ2v) is 5.52. The Hall–Kier alpha value is -2.14. The first kappa shape index (κ1) is 16.2. The van der Waals surface area contributed by atoms with E-state index >= 15 is 0 Å². The quantitative estimate of drug-likeness (QED) is 0.789. The number of amides is 1. The van der Waals surface area contributed by atoms with Gasteiger partial charge in [0.2, 0.25) is 5.91 Å². The standard InChI is InChI=1S/C17H19NO3S/c1-3-21-14-9-7-13(8-10-14)18-17(19)12-22-16-6-4-5-15(11-16)20-2/h4-11H,3,12H2,1-2H3,(H,18,19). The lowest BCUT2D eigenvalue weighted by Crippen LogP contribution is -2.13. The molecule has 0 unspecified atom stereocenters. The van der Waals surface area contributed by atoms with Crippen LogP contribution in [0.5, 0.6) is 11.5 Å². The third-order valence-electron chi connectivity index (χ3n) is 2.86. The first-order valence-electron chi connectivity index (χ1n) is 7.01. The summed E-state index contributed by atoms with van der Waals surface area (Å²) in [5, 5.41) is 2.86. The maximum absolute atomic E-state index is 12.0. The number of benzene rings is 2. The minimum Gasteiger partial charge on any atom is -0.497 e. The average molecular weight is 317 g/mol. The molecule has 1 N–H and O–H groups in total. The van der Waals surface area contributed by atoms with Crippen LogP contribution in [0.2, 0.25) is 0 Å². The van der Waals surface area contributed by atoms with E-state index in [-0.39, 0.29) is 5.91 Å². The van der Waals surface area contributed by atoms with Gasteiger partial charge in [-0.05, 0) is 49.4 Å². The van der Waals surface area contributed by atoms with Gasteiger partial charge in [0.25, 0.3) is 0 Å². The molecule has 116 valence electrons. The van der Waals surface area contributed by atoms with Crippen LogP contribution in [0.15, 0.2) is 53.4 Å². The van der Waals surface area contributed by atoms with Gasteiger partial charge in [-0.15, -0.1) is 11.8 Å². The summed E-state index contributed by atoms with van der Waals surface area (Å²) in [7, 11) is 1.63. The van der Waals surface area contributed by atoms with Crippen molar-refractivity contribution in [2.24, 2.45) is 0 Å². The van der Waals surface area contributed by atoms with Crippen LogP contribution in [-0.2, 0) is 4.79 Å². The molecule has 2 aromatic carbocycles. The number of rotatable bonds is 7. The molecule has 4 nitrogen and oxygen atoms in total. The van der Waals surface area contributed by atoms with E-state index in [9.17, 15) is 4.79 Å². The zero-order valence-electron chi connectivity index (χ0n) is 12.7. The molecule has 0 saturated carbocycles. The van der Waals surface area contributed by atoms with Gasteiger partial charge in [-0.3, -0.25) is 4.79 Å². The molecule has 0 saturated heterocycles. The number of ether oxygens (including phenoxy) is 2. The molecular formula is C17H19NO3S. The van der Waals surface area contributed by atoms with E-state index in [0.717, 1.165) is 22.1 Å². The lowest BCUT2D eigenvalue weighted by Gasteiger charge is -2.07. The first-order valence-corrected chi connectivity index (χ1v) is 7.99. The van der Waals surface area contributed by atoms with Crippen LogP contribution in [0.4, 0.5) is 5.69 Å². The lowest BCUT2D eigenvalue weighted by molar-refractivity contribution is -0.113. The van der Waals surface area contributed by atoms with Gasteiger partial charge in [-0.1, -0.05) is 6.07 Å². The van der Waals surface area contributed by atoms with Crippen LogP contribution in [0, 0.1) is 0 Å². The van der Waals surface area contributed by atoms with Crippen molar-refractivity contribution >= 4 is 23.4 Å². The third kappa shape index (κ3) is 5.00. The Kier molecular flexibility index (Phi) is 6.15. The first-order chi connectivity index (χ1) is 10.7. The summed E-state index contributed by atoms with van der Waals surface area (Å²) >= 11 is 1.47. The molecule has 0 spiro atoms. The van der Waals surface area contributed by atoms with Crippen LogP contribution in [0.3, 0.4) is 0 Å². The van der Waals surface area contributed by atoms with Crippen molar-refractivity contribution in [1.29, 1.82) is 0 Å². The molecule has 2 aromatic rings. The van der Waals surface area contributed by atoms with Gasteiger partial charge in [0.15, 0.2) is 0 Å². The van der Waals surface area contributed by atoms with Gasteiger partial charge in [-0.2, -0.15) is 0 Å². The van der Waals surface area contributed by atoms with Crippen molar-refractivity contribution in [2.45, 2.75) is 11.8 Å². The van der Waals surface area contributed by atoms with Crippen LogP contribution >= 0.6 is 11.8 Å². The fourth-order valence-electron chi connectivity index (χ4n) is 1.84. The van der Waals surface area contributed by atoms with Gasteiger partial charge in [0.05, 0.1) is 19.5 Å². The number of carbonyl (C=O) groups excluding carboxylic acids is 1. The molecule has 0 aliphatic carbocycles. The van der Waals surface area contributed by atoms with E-state index in [4.69, 9.17) is 9.47 Å². The molecule has 22 heavy (non-hydrogen) atoms. The topological polar surface area (TPSA) is 47.6 Å². The fraction of sp³-hybridized carbons (Fsp3) is 0.235. The third-order valence-corrected chi connectivity index (χ3v) is 3.85. The smallest absolute Gasteiger partial charge is 0.234 e. The molecule has 0 atom stereocenters. The number of hydrogen-bond acceptors (Lipinski definition) is 4. The summed E-state index contributed by atoms with van der Waals surface area (Å²) in [5.74, 6) is 1.89. The minimum atomic E-state index is -0.0445. The number of carbonyl (C=O) groups is 1. The summed E-state index contributed by atoms with van der Waals surface area (Å²) in [5.41, 5.74) is 0.764. The van der Waals surface area contributed by atoms with Crippen LogP contribution in [0.1, 0.15) is 6.92 Å². The molecule has 2 rings (SSSR count). The van der Waals surface area contributed by atoms with Crippen molar-refractivity contribution in [3.8, 4) is 11.5 Å². The van der Waals surface area contributed by atoms with Gasteiger partial charge >= 0.3 is 0 Å². The Morgan fingerprint density at radius 2 is 1.91 bits per heavy atom. The van der Waals surface area contributed by atoms with Gasteiger partial charge in [0, 0.05) is 10.6 Å².